The summed E-state index contributed by atoms with van der Waals surface area (Å²) in [4.78, 5) is 0. The van der Waals surface area contributed by atoms with Crippen LogP contribution >= 0.6 is 0 Å². The number of fused-ring (bicyclic) bond motifs is 5. The highest BCUT2D eigenvalue weighted by Crippen LogP contribution is 2.67. The molecular formula is C52H86O22. The van der Waals surface area contributed by atoms with E-state index in [1.54, 1.807) is 21.0 Å². The maximum absolute atomic E-state index is 11.5. The van der Waals surface area contributed by atoms with E-state index in [1.165, 1.54) is 5.57 Å². The lowest BCUT2D eigenvalue weighted by Gasteiger charge is -2.58. The van der Waals surface area contributed by atoms with Gasteiger partial charge in [0.15, 0.2) is 31.5 Å². The van der Waals surface area contributed by atoms with Crippen LogP contribution in [0.15, 0.2) is 11.6 Å². The van der Waals surface area contributed by atoms with E-state index in [2.05, 4.69) is 19.9 Å². The summed E-state index contributed by atoms with van der Waals surface area (Å²) < 4.78 is 67.1. The van der Waals surface area contributed by atoms with E-state index in [-0.39, 0.29) is 41.5 Å². The van der Waals surface area contributed by atoms with Crippen molar-refractivity contribution in [3.05, 3.63) is 11.6 Å². The van der Waals surface area contributed by atoms with E-state index >= 15 is 0 Å². The average molecular weight is 1060 g/mol. The Kier molecular flexibility index (Phi) is 18.0. The summed E-state index contributed by atoms with van der Waals surface area (Å²) in [5, 5.41) is 116. The van der Waals surface area contributed by atoms with Crippen molar-refractivity contribution in [1.82, 2.24) is 0 Å². The normalized spacial score (nSPS) is 54.4. The lowest BCUT2D eigenvalue weighted by atomic mass is 9.47. The molecule has 9 aliphatic rings. The van der Waals surface area contributed by atoms with E-state index in [0.717, 1.165) is 51.4 Å². The van der Waals surface area contributed by atoms with Gasteiger partial charge in [0.1, 0.15) is 79.4 Å². The second kappa shape index (κ2) is 23.1. The number of aliphatic hydroxyl groups excluding tert-OH is 11. The molecule has 3 saturated carbocycles. The van der Waals surface area contributed by atoms with Gasteiger partial charge in [-0.25, -0.2) is 0 Å². The molecule has 0 radical (unpaired) electrons. The third-order valence-corrected chi connectivity index (χ3v) is 19.3. The number of rotatable bonds is 14. The number of methoxy groups -OCH3 is 1. The van der Waals surface area contributed by atoms with Crippen LogP contribution in [-0.2, 0) is 52.1 Å². The lowest BCUT2D eigenvalue weighted by Crippen LogP contribution is -2.65. The first-order valence-electron chi connectivity index (χ1n) is 27.2. The third-order valence-electron chi connectivity index (χ3n) is 19.3. The fourth-order valence-electron chi connectivity index (χ4n) is 14.9. The number of allylic oxidation sites excluding steroid dienone is 1. The van der Waals surface area contributed by atoms with Gasteiger partial charge in [0.2, 0.25) is 0 Å². The van der Waals surface area contributed by atoms with Crippen molar-refractivity contribution in [3.8, 4) is 0 Å². The zero-order valence-electron chi connectivity index (χ0n) is 43.7. The summed E-state index contributed by atoms with van der Waals surface area (Å²) in [7, 11) is 1.65. The number of hydrogen-bond acceptors (Lipinski definition) is 22. The predicted molar refractivity (Wildman–Crippen MR) is 254 cm³/mol. The topological polar surface area (TPSA) is 324 Å². The molecule has 8 fully saturated rings. The Morgan fingerprint density at radius 3 is 1.99 bits per heavy atom. The fraction of sp³-hybridized carbons (Fsp3) is 0.962. The number of hydrogen-bond donors (Lipinski definition) is 11. The summed E-state index contributed by atoms with van der Waals surface area (Å²) in [5.74, 6) is 1.51. The molecule has 31 atom stereocenters. The molecule has 0 unspecified atom stereocenters. The summed E-state index contributed by atoms with van der Waals surface area (Å²) in [6.45, 7) is 10.8. The van der Waals surface area contributed by atoms with Crippen LogP contribution in [0.25, 0.3) is 0 Å². The van der Waals surface area contributed by atoms with Crippen molar-refractivity contribution in [2.24, 2.45) is 34.5 Å². The first-order chi connectivity index (χ1) is 35.1. The van der Waals surface area contributed by atoms with E-state index in [9.17, 15) is 56.2 Å². The van der Waals surface area contributed by atoms with Crippen molar-refractivity contribution in [1.29, 1.82) is 0 Å². The van der Waals surface area contributed by atoms with Gasteiger partial charge in [0.05, 0.1) is 55.9 Å². The molecular weight excluding hydrogens is 977 g/mol. The SMILES string of the molecule is CO[C@H]1C[C@@H](O[C@H]2CC[C@@]3(C)C(=CC[C@@H]4[C@H]3CC[C@@]3(C)[C@@H]([C@H](C)O[C@@H]5O[C@@H](C)[C@@H](O)[C@@H](O)[C@@H]5O[C@H]5O[C@H](CO[C@H]6O[C@@H](CO)[C@H](O)[C@@H](O)[C@@H]6O)[C@@H](O)[C@@H](O)[C@H]5O)CC[C@@H]43)C2)O[C@@H](C)[C@H]1O[C@@H]1C[C@@H](O)[C@H](O)[C@@H](C)O1. The maximum atomic E-state index is 11.5. The van der Waals surface area contributed by atoms with E-state index in [0.29, 0.717) is 24.2 Å². The largest absolute Gasteiger partial charge is 0.394 e. The monoisotopic (exact) mass is 1060 g/mol. The Morgan fingerprint density at radius 1 is 0.622 bits per heavy atom. The minimum absolute atomic E-state index is 0.0119. The van der Waals surface area contributed by atoms with Crippen LogP contribution in [0, 0.1) is 34.5 Å². The second-order valence-corrected chi connectivity index (χ2v) is 23.6. The molecule has 22 heteroatoms. The molecule has 0 spiro atoms. The van der Waals surface area contributed by atoms with Gasteiger partial charge in [-0.15, -0.1) is 0 Å². The molecule has 0 aromatic rings. The average Bonchev–Trinajstić information content (AvgIpc) is 3.73. The molecule has 0 amide bonds. The van der Waals surface area contributed by atoms with Gasteiger partial charge < -0.3 is 108 Å². The van der Waals surface area contributed by atoms with Gasteiger partial charge in [-0.05, 0) is 114 Å². The minimum Gasteiger partial charge on any atom is -0.394 e. The van der Waals surface area contributed by atoms with Gasteiger partial charge in [-0.2, -0.15) is 0 Å². The molecule has 5 heterocycles. The lowest BCUT2D eigenvalue weighted by molar-refractivity contribution is -0.375. The highest BCUT2D eigenvalue weighted by atomic mass is 16.8. The van der Waals surface area contributed by atoms with Gasteiger partial charge in [-0.3, -0.25) is 0 Å². The molecule has 0 bridgehead atoms. The first-order valence-corrected chi connectivity index (χ1v) is 27.2. The highest BCUT2D eigenvalue weighted by Gasteiger charge is 2.61. The summed E-state index contributed by atoms with van der Waals surface area (Å²) in [6.07, 6.45) is -17.5. The van der Waals surface area contributed by atoms with Crippen molar-refractivity contribution in [2.45, 2.75) is 259 Å². The smallest absolute Gasteiger partial charge is 0.187 e. The molecule has 0 aromatic heterocycles. The van der Waals surface area contributed by atoms with Crippen LogP contribution in [0.2, 0.25) is 0 Å². The Balaban J connectivity index is 0.810. The Hall–Kier alpha value is -1.14. The van der Waals surface area contributed by atoms with E-state index in [1.807, 2.05) is 13.8 Å². The zero-order valence-corrected chi connectivity index (χ0v) is 43.7. The standard InChI is InChI=1S/C52H86O22/c1-21(68-50-47(43(61)38(56)23(3)69-50)74-49-45(63)42(60)40(58)34(72-49)20-65-48-44(62)41(59)39(57)33(19-53)71-48)28-10-11-29-27-9-8-25-16-26(12-14-51(25,5)30(27)13-15-52(28,29)6)70-36-18-32(64-7)46(24(4)67-36)73-35-17-31(54)37(55)22(2)66-35/h8,21-24,26-50,53-63H,9-20H2,1-7H3/t21-,22+,23-,24-,26-,27-,28+,29-,30+,31+,32-,33-,34+,35+,36+,37+,38+,39-,40+,41+,42+,43+,44-,45+,46+,47-,48-,49+,50+,51-,52-/m0/s1. The third kappa shape index (κ3) is 10.9. The Morgan fingerprint density at radius 2 is 1.28 bits per heavy atom. The van der Waals surface area contributed by atoms with Crippen LogP contribution in [0.1, 0.15) is 106 Å². The molecule has 5 saturated heterocycles. The van der Waals surface area contributed by atoms with Crippen LogP contribution in [0.5, 0.6) is 0 Å². The van der Waals surface area contributed by atoms with Crippen molar-refractivity contribution in [2.75, 3.05) is 20.3 Å². The van der Waals surface area contributed by atoms with Crippen molar-refractivity contribution >= 4 is 0 Å². The second-order valence-electron chi connectivity index (χ2n) is 23.6. The van der Waals surface area contributed by atoms with E-state index < -0.39 is 148 Å². The van der Waals surface area contributed by atoms with Crippen LogP contribution in [0.3, 0.4) is 0 Å². The number of aliphatic hydroxyl groups is 11. The number of ether oxygens (including phenoxy) is 11. The van der Waals surface area contributed by atoms with Gasteiger partial charge >= 0.3 is 0 Å². The van der Waals surface area contributed by atoms with Gasteiger partial charge in [0.25, 0.3) is 0 Å². The Labute approximate surface area is 433 Å². The van der Waals surface area contributed by atoms with Crippen LogP contribution in [0.4, 0.5) is 0 Å². The van der Waals surface area contributed by atoms with Crippen LogP contribution < -0.4 is 0 Å². The predicted octanol–water partition coefficient (Wildman–Crippen LogP) is -0.777. The van der Waals surface area contributed by atoms with Crippen LogP contribution in [-0.4, -0.2) is 230 Å². The first kappa shape index (κ1) is 57.5. The molecule has 426 valence electrons. The van der Waals surface area contributed by atoms with Gasteiger partial charge in [0, 0.05) is 20.0 Å². The minimum atomic E-state index is -1.84. The van der Waals surface area contributed by atoms with Crippen molar-refractivity contribution in [3.63, 3.8) is 0 Å². The molecule has 22 nitrogen and oxygen atoms in total. The summed E-state index contributed by atoms with van der Waals surface area (Å²) in [6, 6.07) is 0. The quantitative estimate of drug-likeness (QED) is 0.0951. The van der Waals surface area contributed by atoms with E-state index in [4.69, 9.17) is 52.1 Å². The van der Waals surface area contributed by atoms with Gasteiger partial charge in [-0.1, -0.05) is 25.5 Å². The highest BCUT2D eigenvalue weighted by molar-refractivity contribution is 5.25. The summed E-state index contributed by atoms with van der Waals surface area (Å²) in [5.41, 5.74) is 1.41. The zero-order chi connectivity index (χ0) is 53.3. The Bertz CT molecular complexity index is 1870. The molecule has 11 N–H and O–H groups in total. The molecule has 0 aromatic carbocycles. The van der Waals surface area contributed by atoms with Crippen molar-refractivity contribution < 1.29 is 108 Å². The molecule has 9 rings (SSSR count). The maximum Gasteiger partial charge on any atom is 0.187 e. The summed E-state index contributed by atoms with van der Waals surface area (Å²) >= 11 is 0. The molecule has 74 heavy (non-hydrogen) atoms. The molecule has 4 aliphatic carbocycles. The fourth-order valence-corrected chi connectivity index (χ4v) is 14.9. The molecule has 5 aliphatic heterocycles.